The van der Waals surface area contributed by atoms with Gasteiger partial charge in [0.05, 0.1) is 5.02 Å². The van der Waals surface area contributed by atoms with Gasteiger partial charge in [0.15, 0.2) is 0 Å². The highest BCUT2D eigenvalue weighted by Gasteiger charge is 2.10. The Balaban J connectivity index is 2.35. The summed E-state index contributed by atoms with van der Waals surface area (Å²) in [7, 11) is 1.86. The van der Waals surface area contributed by atoms with Crippen LogP contribution < -0.4 is 10.1 Å². The van der Waals surface area contributed by atoms with Crippen molar-refractivity contribution in [3.8, 4) is 11.5 Å². The molecule has 0 atom stereocenters. The molecule has 0 saturated heterocycles. The summed E-state index contributed by atoms with van der Waals surface area (Å²) in [4.78, 5) is 0. The van der Waals surface area contributed by atoms with E-state index in [0.717, 1.165) is 10.0 Å². The molecule has 2 aromatic carbocycles. The number of rotatable bonds is 4. The van der Waals surface area contributed by atoms with Crippen LogP contribution in [0.15, 0.2) is 40.9 Å². The van der Waals surface area contributed by atoms with Gasteiger partial charge >= 0.3 is 0 Å². The smallest absolute Gasteiger partial charge is 0.146 e. The van der Waals surface area contributed by atoms with Gasteiger partial charge in [-0.1, -0.05) is 45.2 Å². The van der Waals surface area contributed by atoms with Crippen LogP contribution in [0.5, 0.6) is 11.5 Å². The van der Waals surface area contributed by atoms with E-state index in [9.17, 15) is 0 Å². The second-order valence-electron chi connectivity index (χ2n) is 3.92. The maximum atomic E-state index is 6.18. The summed E-state index contributed by atoms with van der Waals surface area (Å²) in [5, 5.41) is 4.28. The molecule has 0 radical (unpaired) electrons. The van der Waals surface area contributed by atoms with Crippen LogP contribution in [-0.4, -0.2) is 7.05 Å². The molecule has 0 unspecified atom stereocenters. The molecule has 5 heteroatoms. The fourth-order valence-electron chi connectivity index (χ4n) is 1.66. The third kappa shape index (κ3) is 3.63. The SMILES string of the molecule is CNCc1c(Cl)cccc1Oc1ccc(Br)cc1Cl. The van der Waals surface area contributed by atoms with Crippen LogP contribution in [0.4, 0.5) is 0 Å². The Morgan fingerprint density at radius 2 is 1.89 bits per heavy atom. The second kappa shape index (κ2) is 6.62. The second-order valence-corrected chi connectivity index (χ2v) is 5.65. The minimum atomic E-state index is 0.546. The Morgan fingerprint density at radius 1 is 1.11 bits per heavy atom. The molecule has 2 aromatic rings. The lowest BCUT2D eigenvalue weighted by Gasteiger charge is -2.13. The summed E-state index contributed by atoms with van der Waals surface area (Å²) in [5.74, 6) is 1.30. The zero-order valence-corrected chi connectivity index (χ0v) is 13.3. The Morgan fingerprint density at radius 3 is 2.58 bits per heavy atom. The van der Waals surface area contributed by atoms with Crippen molar-refractivity contribution in [1.29, 1.82) is 0 Å². The van der Waals surface area contributed by atoms with Crippen molar-refractivity contribution in [2.24, 2.45) is 0 Å². The van der Waals surface area contributed by atoms with Crippen molar-refractivity contribution < 1.29 is 4.74 Å². The molecule has 0 aliphatic carbocycles. The van der Waals surface area contributed by atoms with Crippen molar-refractivity contribution in [2.45, 2.75) is 6.54 Å². The van der Waals surface area contributed by atoms with Crippen LogP contribution in [0.3, 0.4) is 0 Å². The Kier molecular flexibility index (Phi) is 5.11. The van der Waals surface area contributed by atoms with Gasteiger partial charge in [0.2, 0.25) is 0 Å². The Labute approximate surface area is 130 Å². The fourth-order valence-corrected chi connectivity index (χ4v) is 2.60. The summed E-state index contributed by atoms with van der Waals surface area (Å²) in [6.45, 7) is 0.628. The number of hydrogen-bond acceptors (Lipinski definition) is 2. The molecule has 0 saturated carbocycles. The first-order chi connectivity index (χ1) is 9.11. The van der Waals surface area contributed by atoms with E-state index in [4.69, 9.17) is 27.9 Å². The minimum Gasteiger partial charge on any atom is -0.455 e. The maximum Gasteiger partial charge on any atom is 0.146 e. The molecule has 0 aliphatic rings. The van der Waals surface area contributed by atoms with Gasteiger partial charge in [0.1, 0.15) is 11.5 Å². The molecule has 0 heterocycles. The molecule has 2 rings (SSSR count). The third-order valence-electron chi connectivity index (χ3n) is 2.54. The number of hydrogen-bond donors (Lipinski definition) is 1. The van der Waals surface area contributed by atoms with Crippen LogP contribution in [0, 0.1) is 0 Å². The summed E-state index contributed by atoms with van der Waals surface area (Å²) in [6, 6.07) is 11.0. The van der Waals surface area contributed by atoms with E-state index in [1.165, 1.54) is 0 Å². The molecule has 0 amide bonds. The summed E-state index contributed by atoms with van der Waals surface area (Å²) in [5.41, 5.74) is 0.908. The van der Waals surface area contributed by atoms with Crippen LogP contribution in [0.2, 0.25) is 10.0 Å². The summed E-state index contributed by atoms with van der Waals surface area (Å²) >= 11 is 15.7. The Hall–Kier alpha value is -0.740. The highest BCUT2D eigenvalue weighted by molar-refractivity contribution is 9.10. The number of nitrogens with one attached hydrogen (secondary N) is 1. The van der Waals surface area contributed by atoms with Crippen molar-refractivity contribution in [3.05, 3.63) is 56.5 Å². The van der Waals surface area contributed by atoms with E-state index in [2.05, 4.69) is 21.2 Å². The van der Waals surface area contributed by atoms with Crippen LogP contribution in [0.1, 0.15) is 5.56 Å². The largest absolute Gasteiger partial charge is 0.455 e. The van der Waals surface area contributed by atoms with Crippen molar-refractivity contribution in [1.82, 2.24) is 5.32 Å². The van der Waals surface area contributed by atoms with Gasteiger partial charge in [-0.15, -0.1) is 0 Å². The lowest BCUT2D eigenvalue weighted by molar-refractivity contribution is 0.474. The van der Waals surface area contributed by atoms with E-state index in [-0.39, 0.29) is 0 Å². The molecule has 0 spiro atoms. The first kappa shape index (κ1) is 14.7. The van der Waals surface area contributed by atoms with Gasteiger partial charge in [-0.2, -0.15) is 0 Å². The molecule has 2 nitrogen and oxygen atoms in total. The number of halogens is 3. The van der Waals surface area contributed by atoms with Crippen molar-refractivity contribution in [2.75, 3.05) is 7.05 Å². The fraction of sp³-hybridized carbons (Fsp3) is 0.143. The van der Waals surface area contributed by atoms with Gasteiger partial charge in [0, 0.05) is 21.6 Å². The monoisotopic (exact) mass is 359 g/mol. The molecular weight excluding hydrogens is 349 g/mol. The molecule has 1 N–H and O–H groups in total. The molecular formula is C14H12BrCl2NO. The predicted octanol–water partition coefficient (Wildman–Crippen LogP) is 5.27. The van der Waals surface area contributed by atoms with E-state index in [1.807, 2.05) is 37.4 Å². The molecule has 0 aromatic heterocycles. The minimum absolute atomic E-state index is 0.546. The first-order valence-corrected chi connectivity index (χ1v) is 7.21. The topological polar surface area (TPSA) is 21.3 Å². The average molecular weight is 361 g/mol. The van der Waals surface area contributed by atoms with Gasteiger partial charge in [-0.25, -0.2) is 0 Å². The lowest BCUT2D eigenvalue weighted by atomic mass is 10.2. The van der Waals surface area contributed by atoms with Crippen LogP contribution >= 0.6 is 39.1 Å². The van der Waals surface area contributed by atoms with Gasteiger partial charge < -0.3 is 10.1 Å². The predicted molar refractivity (Wildman–Crippen MR) is 83.4 cm³/mol. The maximum absolute atomic E-state index is 6.18. The van der Waals surface area contributed by atoms with Crippen molar-refractivity contribution >= 4 is 39.1 Å². The van der Waals surface area contributed by atoms with E-state index >= 15 is 0 Å². The zero-order valence-electron chi connectivity index (χ0n) is 10.2. The summed E-state index contributed by atoms with van der Waals surface area (Å²) in [6.07, 6.45) is 0. The molecule has 0 fully saturated rings. The first-order valence-electron chi connectivity index (χ1n) is 5.66. The van der Waals surface area contributed by atoms with Crippen LogP contribution in [0.25, 0.3) is 0 Å². The third-order valence-corrected chi connectivity index (χ3v) is 3.69. The zero-order chi connectivity index (χ0) is 13.8. The number of benzene rings is 2. The van der Waals surface area contributed by atoms with E-state index < -0.39 is 0 Å². The summed E-state index contributed by atoms with van der Waals surface area (Å²) < 4.78 is 6.76. The standard InChI is InChI=1S/C14H12BrCl2NO/c1-18-8-10-11(16)3-2-4-13(10)19-14-6-5-9(15)7-12(14)17/h2-7,18H,8H2,1H3. The quantitative estimate of drug-likeness (QED) is 0.802. The van der Waals surface area contributed by atoms with Gasteiger partial charge in [-0.3, -0.25) is 0 Å². The molecule has 19 heavy (non-hydrogen) atoms. The normalized spacial score (nSPS) is 10.5. The van der Waals surface area contributed by atoms with Crippen LogP contribution in [-0.2, 0) is 6.54 Å². The highest BCUT2D eigenvalue weighted by atomic mass is 79.9. The number of ether oxygens (including phenoxy) is 1. The molecule has 100 valence electrons. The van der Waals surface area contributed by atoms with Gasteiger partial charge in [0.25, 0.3) is 0 Å². The molecule has 0 aliphatic heterocycles. The van der Waals surface area contributed by atoms with Gasteiger partial charge in [-0.05, 0) is 37.4 Å². The average Bonchev–Trinajstić information content (AvgIpc) is 2.37. The highest BCUT2D eigenvalue weighted by Crippen LogP contribution is 2.35. The lowest BCUT2D eigenvalue weighted by Crippen LogP contribution is -2.07. The van der Waals surface area contributed by atoms with E-state index in [1.54, 1.807) is 6.07 Å². The molecule has 0 bridgehead atoms. The van der Waals surface area contributed by atoms with E-state index in [0.29, 0.717) is 28.1 Å². The van der Waals surface area contributed by atoms with Crippen molar-refractivity contribution in [3.63, 3.8) is 0 Å². The Bertz CT molecular complexity index is 590.